The van der Waals surface area contributed by atoms with E-state index < -0.39 is 15.7 Å². The highest BCUT2D eigenvalue weighted by Crippen LogP contribution is 2.19. The topological polar surface area (TPSA) is 73.1 Å². The molecule has 2 aromatic rings. The van der Waals surface area contributed by atoms with Crippen molar-refractivity contribution < 1.29 is 9.13 Å². The zero-order valence-corrected chi connectivity index (χ0v) is 12.1. The van der Waals surface area contributed by atoms with Crippen LogP contribution >= 0.6 is 11.8 Å². The van der Waals surface area contributed by atoms with E-state index >= 15 is 0 Å². The molecule has 0 spiro atoms. The molecular formula is C13H12N2O3S2. The van der Waals surface area contributed by atoms with E-state index in [4.69, 9.17) is 0 Å². The van der Waals surface area contributed by atoms with Gasteiger partial charge in [0.15, 0.2) is 0 Å². The van der Waals surface area contributed by atoms with Crippen LogP contribution in [0.15, 0.2) is 58.6 Å². The third kappa shape index (κ3) is 4.14. The predicted octanol–water partition coefficient (Wildman–Crippen LogP) is 2.89. The summed E-state index contributed by atoms with van der Waals surface area (Å²) in [5.74, 6) is 1.17. The minimum absolute atomic E-state index is 0.0257. The van der Waals surface area contributed by atoms with Gasteiger partial charge in [0.2, 0.25) is 0 Å². The average Bonchev–Trinajstić information content (AvgIpc) is 2.48. The number of hydrogen-bond donors (Lipinski definition) is 0. The molecule has 0 aliphatic carbocycles. The van der Waals surface area contributed by atoms with Crippen LogP contribution in [0.4, 0.5) is 5.69 Å². The van der Waals surface area contributed by atoms with Crippen molar-refractivity contribution in [3.63, 3.8) is 0 Å². The van der Waals surface area contributed by atoms with E-state index in [1.165, 1.54) is 24.0 Å². The van der Waals surface area contributed by atoms with Crippen LogP contribution in [0, 0.1) is 10.1 Å². The first kappa shape index (κ1) is 14.7. The third-order valence-corrected chi connectivity index (χ3v) is 5.03. The molecule has 1 aromatic carbocycles. The summed E-state index contributed by atoms with van der Waals surface area (Å²) < 4.78 is 12.0. The van der Waals surface area contributed by atoms with Crippen molar-refractivity contribution in [1.82, 2.24) is 4.98 Å². The second-order valence-corrected chi connectivity index (χ2v) is 6.51. The van der Waals surface area contributed by atoms with Crippen LogP contribution in [0.25, 0.3) is 0 Å². The molecule has 0 aliphatic rings. The molecule has 0 aliphatic heterocycles. The van der Waals surface area contributed by atoms with E-state index in [2.05, 4.69) is 4.98 Å². The Balaban J connectivity index is 1.84. The van der Waals surface area contributed by atoms with Gasteiger partial charge in [0.05, 0.1) is 20.7 Å². The van der Waals surface area contributed by atoms with E-state index in [-0.39, 0.29) is 5.69 Å². The van der Waals surface area contributed by atoms with Crippen molar-refractivity contribution in [2.45, 2.75) is 9.92 Å². The Labute approximate surface area is 123 Å². The molecule has 0 saturated carbocycles. The van der Waals surface area contributed by atoms with Gasteiger partial charge < -0.3 is 0 Å². The smallest absolute Gasteiger partial charge is 0.258 e. The Morgan fingerprint density at radius 1 is 1.20 bits per heavy atom. The van der Waals surface area contributed by atoms with Crippen LogP contribution < -0.4 is 0 Å². The number of pyridine rings is 1. The number of benzene rings is 1. The van der Waals surface area contributed by atoms with Gasteiger partial charge in [-0.1, -0.05) is 18.2 Å². The fraction of sp³-hybridized carbons (Fsp3) is 0.154. The van der Waals surface area contributed by atoms with Crippen LogP contribution in [-0.2, 0) is 10.8 Å². The largest absolute Gasteiger partial charge is 0.287 e. The molecule has 0 radical (unpaired) electrons. The summed E-state index contributed by atoms with van der Waals surface area (Å²) in [7, 11) is -1.03. The molecule has 2 rings (SSSR count). The summed E-state index contributed by atoms with van der Waals surface area (Å²) in [6.45, 7) is 0. The lowest BCUT2D eigenvalue weighted by molar-refractivity contribution is -0.385. The number of hydrogen-bond acceptors (Lipinski definition) is 5. The highest BCUT2D eigenvalue weighted by molar-refractivity contribution is 8.00. The maximum Gasteiger partial charge on any atom is 0.287 e. The van der Waals surface area contributed by atoms with Gasteiger partial charge in [-0.15, -0.1) is 11.8 Å². The zero-order valence-electron chi connectivity index (χ0n) is 10.5. The lowest BCUT2D eigenvalue weighted by atomic mass is 10.4. The monoisotopic (exact) mass is 308 g/mol. The first-order valence-electron chi connectivity index (χ1n) is 5.83. The number of rotatable bonds is 6. The number of thioether (sulfide) groups is 1. The van der Waals surface area contributed by atoms with Gasteiger partial charge in [0.25, 0.3) is 5.69 Å². The summed E-state index contributed by atoms with van der Waals surface area (Å²) in [5, 5.41) is 11.2. The first-order valence-corrected chi connectivity index (χ1v) is 8.14. The molecule has 1 aromatic heterocycles. The van der Waals surface area contributed by atoms with Crippen molar-refractivity contribution >= 4 is 28.2 Å². The molecule has 1 heterocycles. The molecule has 20 heavy (non-hydrogen) atoms. The predicted molar refractivity (Wildman–Crippen MR) is 79.3 cm³/mol. The minimum atomic E-state index is -1.03. The molecule has 104 valence electrons. The highest BCUT2D eigenvalue weighted by atomic mass is 32.2. The lowest BCUT2D eigenvalue weighted by Crippen LogP contribution is -2.00. The summed E-state index contributed by atoms with van der Waals surface area (Å²) in [5.41, 5.74) is -0.0257. The summed E-state index contributed by atoms with van der Waals surface area (Å²) in [6, 6.07) is 12.3. The Hall–Kier alpha value is -1.73. The Bertz CT molecular complexity index is 603. The van der Waals surface area contributed by atoms with E-state index in [0.717, 1.165) is 4.90 Å². The number of aromatic nitrogens is 1. The quantitative estimate of drug-likeness (QED) is 0.466. The van der Waals surface area contributed by atoms with Crippen molar-refractivity contribution in [2.24, 2.45) is 0 Å². The van der Waals surface area contributed by atoms with Crippen molar-refractivity contribution in [2.75, 3.05) is 11.5 Å². The fourth-order valence-corrected chi connectivity index (χ4v) is 3.61. The summed E-state index contributed by atoms with van der Waals surface area (Å²) >= 11 is 1.44. The Morgan fingerprint density at radius 2 is 1.95 bits per heavy atom. The molecule has 1 atom stereocenters. The first-order chi connectivity index (χ1) is 9.66. The van der Waals surface area contributed by atoms with Crippen molar-refractivity contribution in [3.05, 3.63) is 58.8 Å². The van der Waals surface area contributed by atoms with E-state index in [1.54, 1.807) is 6.07 Å². The van der Waals surface area contributed by atoms with E-state index in [1.807, 2.05) is 30.3 Å². The molecule has 0 saturated heterocycles. The minimum Gasteiger partial charge on any atom is -0.258 e. The SMILES string of the molecule is O=[N+]([O-])c1ccc(SCC[S@@](=O)c2ccccc2)nc1. The van der Waals surface area contributed by atoms with Gasteiger partial charge in [-0.25, -0.2) is 4.98 Å². The standard InChI is InChI=1S/C13H12N2O3S2/c16-15(17)11-6-7-13(14-10-11)19-8-9-20(18)12-4-2-1-3-5-12/h1-7,10H,8-9H2/t20-/m1/s1. The maximum atomic E-state index is 12.0. The second-order valence-electron chi connectivity index (χ2n) is 3.82. The zero-order chi connectivity index (χ0) is 14.4. The summed E-state index contributed by atoms with van der Waals surface area (Å²) in [4.78, 5) is 14.8. The fourth-order valence-electron chi connectivity index (χ4n) is 1.48. The van der Waals surface area contributed by atoms with Crippen LogP contribution in [0.2, 0.25) is 0 Å². The van der Waals surface area contributed by atoms with E-state index in [9.17, 15) is 14.3 Å². The molecule has 0 N–H and O–H groups in total. The van der Waals surface area contributed by atoms with Crippen LogP contribution in [-0.4, -0.2) is 25.6 Å². The van der Waals surface area contributed by atoms with Gasteiger partial charge in [-0.3, -0.25) is 14.3 Å². The van der Waals surface area contributed by atoms with Crippen molar-refractivity contribution in [1.29, 1.82) is 0 Å². The highest BCUT2D eigenvalue weighted by Gasteiger charge is 2.07. The van der Waals surface area contributed by atoms with Crippen LogP contribution in [0.5, 0.6) is 0 Å². The Morgan fingerprint density at radius 3 is 2.55 bits per heavy atom. The Kier molecular flexibility index (Phi) is 5.25. The summed E-state index contributed by atoms with van der Waals surface area (Å²) in [6.07, 6.45) is 1.23. The van der Waals surface area contributed by atoms with Gasteiger partial charge in [-0.05, 0) is 18.2 Å². The lowest BCUT2D eigenvalue weighted by Gasteiger charge is -2.02. The van der Waals surface area contributed by atoms with Gasteiger partial charge in [0, 0.05) is 22.5 Å². The molecule has 5 nitrogen and oxygen atoms in total. The molecule has 0 amide bonds. The third-order valence-electron chi connectivity index (χ3n) is 2.46. The second kappa shape index (κ2) is 7.16. The van der Waals surface area contributed by atoms with Crippen molar-refractivity contribution in [3.8, 4) is 0 Å². The molecule has 0 unspecified atom stereocenters. The number of nitro groups is 1. The number of nitrogens with zero attached hydrogens (tertiary/aromatic N) is 2. The van der Waals surface area contributed by atoms with Crippen LogP contribution in [0.1, 0.15) is 0 Å². The van der Waals surface area contributed by atoms with Crippen LogP contribution in [0.3, 0.4) is 0 Å². The normalized spacial score (nSPS) is 12.0. The average molecular weight is 308 g/mol. The maximum absolute atomic E-state index is 12.0. The molecule has 0 fully saturated rings. The molecular weight excluding hydrogens is 296 g/mol. The van der Waals surface area contributed by atoms with Gasteiger partial charge in [-0.2, -0.15) is 0 Å². The molecule has 7 heteroatoms. The van der Waals surface area contributed by atoms with Gasteiger partial charge in [0.1, 0.15) is 6.20 Å². The van der Waals surface area contributed by atoms with Gasteiger partial charge >= 0.3 is 0 Å². The van der Waals surface area contributed by atoms with E-state index in [0.29, 0.717) is 16.5 Å². The molecule has 0 bridgehead atoms.